The molecule has 0 spiro atoms. The number of alkyl halides is 3. The summed E-state index contributed by atoms with van der Waals surface area (Å²) in [5.41, 5.74) is 4.90. The molecule has 19 heavy (non-hydrogen) atoms. The van der Waals surface area contributed by atoms with E-state index < -0.39 is 24.4 Å². The van der Waals surface area contributed by atoms with Gasteiger partial charge in [-0.1, -0.05) is 0 Å². The molecule has 0 radical (unpaired) electrons. The highest BCUT2D eigenvalue weighted by molar-refractivity contribution is 9.10. The third-order valence-electron chi connectivity index (χ3n) is 2.36. The van der Waals surface area contributed by atoms with Gasteiger partial charge in [-0.3, -0.25) is 4.79 Å². The lowest BCUT2D eigenvalue weighted by atomic mass is 10.1. The lowest BCUT2D eigenvalue weighted by Crippen LogP contribution is -2.39. The average molecular weight is 343 g/mol. The Labute approximate surface area is 115 Å². The van der Waals surface area contributed by atoms with Crippen molar-refractivity contribution in [3.63, 3.8) is 0 Å². The van der Waals surface area contributed by atoms with Gasteiger partial charge in [0.15, 0.2) is 0 Å². The number of nitrogens with two attached hydrogens (primary N) is 1. The van der Waals surface area contributed by atoms with E-state index in [9.17, 15) is 22.4 Å². The van der Waals surface area contributed by atoms with Gasteiger partial charge in [0.25, 0.3) is 5.91 Å². The van der Waals surface area contributed by atoms with Gasteiger partial charge in [0, 0.05) is 11.0 Å². The molecule has 106 valence electrons. The Bertz CT molecular complexity index is 490. The van der Waals surface area contributed by atoms with Crippen LogP contribution in [0.5, 0.6) is 0 Å². The van der Waals surface area contributed by atoms with Gasteiger partial charge in [0.1, 0.15) is 12.4 Å². The summed E-state index contributed by atoms with van der Waals surface area (Å²) in [4.78, 5) is 12.6. The normalized spacial score (nSPS) is 11.5. The van der Waals surface area contributed by atoms with Gasteiger partial charge in [-0.05, 0) is 35.0 Å². The number of carbonyl (C=O) groups excluding carboxylic acids is 1. The molecule has 0 saturated carbocycles. The topological polar surface area (TPSA) is 46.3 Å². The molecule has 0 aliphatic heterocycles. The molecule has 0 aliphatic rings. The number of hydrogen-bond acceptors (Lipinski definition) is 2. The summed E-state index contributed by atoms with van der Waals surface area (Å²) in [6.45, 7) is -0.0709. The molecule has 3 nitrogen and oxygen atoms in total. The highest BCUT2D eigenvalue weighted by Crippen LogP contribution is 2.25. The fourth-order valence-electron chi connectivity index (χ4n) is 1.44. The Kier molecular flexibility index (Phi) is 4.78. The van der Waals surface area contributed by atoms with E-state index in [4.69, 9.17) is 5.73 Å². The zero-order valence-electron chi connectivity index (χ0n) is 9.89. The van der Waals surface area contributed by atoms with E-state index >= 15 is 0 Å². The molecular formula is C11H11BrF4N2O. The van der Waals surface area contributed by atoms with Crippen molar-refractivity contribution in [2.75, 3.05) is 18.8 Å². The minimum absolute atomic E-state index is 0.0600. The molecule has 0 bridgehead atoms. The third kappa shape index (κ3) is 4.09. The minimum atomic E-state index is -4.50. The van der Waals surface area contributed by atoms with Crippen molar-refractivity contribution in [1.29, 1.82) is 0 Å². The Hall–Kier alpha value is -1.31. The fraction of sp³-hybridized carbons (Fsp3) is 0.364. The first-order valence-corrected chi connectivity index (χ1v) is 6.05. The summed E-state index contributed by atoms with van der Waals surface area (Å²) in [5, 5.41) is 0. The van der Waals surface area contributed by atoms with Crippen molar-refractivity contribution in [1.82, 2.24) is 4.90 Å². The van der Waals surface area contributed by atoms with E-state index in [0.29, 0.717) is 4.90 Å². The second-order valence-electron chi connectivity index (χ2n) is 3.79. The van der Waals surface area contributed by atoms with Gasteiger partial charge in [-0.25, -0.2) is 4.39 Å². The van der Waals surface area contributed by atoms with Crippen LogP contribution in [0, 0.1) is 5.82 Å². The lowest BCUT2D eigenvalue weighted by Gasteiger charge is -2.23. The van der Waals surface area contributed by atoms with Crippen LogP contribution >= 0.6 is 15.9 Å². The van der Waals surface area contributed by atoms with Gasteiger partial charge < -0.3 is 10.6 Å². The zero-order valence-corrected chi connectivity index (χ0v) is 11.5. The van der Waals surface area contributed by atoms with Crippen molar-refractivity contribution in [3.8, 4) is 0 Å². The lowest BCUT2D eigenvalue weighted by molar-refractivity contribution is -0.140. The van der Waals surface area contributed by atoms with E-state index in [1.54, 1.807) is 0 Å². The van der Waals surface area contributed by atoms with Crippen LogP contribution in [0.25, 0.3) is 0 Å². The predicted molar refractivity (Wildman–Crippen MR) is 66.1 cm³/mol. The SMILES string of the molecule is CCN(CC(F)(F)F)C(=O)c1cc(N)c(F)cc1Br. The molecule has 0 fully saturated rings. The van der Waals surface area contributed by atoms with Crippen molar-refractivity contribution in [2.24, 2.45) is 0 Å². The highest BCUT2D eigenvalue weighted by atomic mass is 79.9. The van der Waals surface area contributed by atoms with Crippen LogP contribution in [-0.2, 0) is 0 Å². The smallest absolute Gasteiger partial charge is 0.396 e. The molecular weight excluding hydrogens is 332 g/mol. The van der Waals surface area contributed by atoms with Crippen molar-refractivity contribution < 1.29 is 22.4 Å². The van der Waals surface area contributed by atoms with E-state index in [0.717, 1.165) is 12.1 Å². The summed E-state index contributed by atoms with van der Waals surface area (Å²) in [5.74, 6) is -1.61. The first-order chi connectivity index (χ1) is 8.65. The fourth-order valence-corrected chi connectivity index (χ4v) is 1.93. The summed E-state index contributed by atoms with van der Waals surface area (Å²) in [6.07, 6.45) is -4.50. The van der Waals surface area contributed by atoms with E-state index in [1.165, 1.54) is 6.92 Å². The molecule has 1 rings (SSSR count). The van der Waals surface area contributed by atoms with Crippen LogP contribution < -0.4 is 5.73 Å². The van der Waals surface area contributed by atoms with Crippen molar-refractivity contribution in [2.45, 2.75) is 13.1 Å². The van der Waals surface area contributed by atoms with Crippen LogP contribution in [0.2, 0.25) is 0 Å². The maximum atomic E-state index is 13.1. The molecule has 1 aromatic carbocycles. The number of benzene rings is 1. The monoisotopic (exact) mass is 342 g/mol. The minimum Gasteiger partial charge on any atom is -0.396 e. The molecule has 1 amide bonds. The second kappa shape index (κ2) is 5.77. The number of halogens is 5. The number of amides is 1. The number of hydrogen-bond donors (Lipinski definition) is 1. The molecule has 0 aromatic heterocycles. The van der Waals surface area contributed by atoms with E-state index in [2.05, 4.69) is 15.9 Å². The Morgan fingerprint density at radius 2 is 2.00 bits per heavy atom. The highest BCUT2D eigenvalue weighted by Gasteiger charge is 2.33. The summed E-state index contributed by atoms with van der Waals surface area (Å²) in [7, 11) is 0. The second-order valence-corrected chi connectivity index (χ2v) is 4.64. The summed E-state index contributed by atoms with van der Waals surface area (Å²) >= 11 is 2.93. The quantitative estimate of drug-likeness (QED) is 0.677. The zero-order chi connectivity index (χ0) is 14.8. The van der Waals surface area contributed by atoms with Crippen molar-refractivity contribution >= 4 is 27.5 Å². The van der Waals surface area contributed by atoms with Gasteiger partial charge in [-0.2, -0.15) is 13.2 Å². The third-order valence-corrected chi connectivity index (χ3v) is 3.01. The first kappa shape index (κ1) is 15.7. The van der Waals surface area contributed by atoms with E-state index in [-0.39, 0.29) is 22.3 Å². The molecule has 0 saturated heterocycles. The van der Waals surface area contributed by atoms with Crippen LogP contribution in [0.15, 0.2) is 16.6 Å². The molecule has 8 heteroatoms. The predicted octanol–water partition coefficient (Wildman–Crippen LogP) is 3.19. The molecule has 1 aromatic rings. The molecule has 0 aliphatic carbocycles. The number of anilines is 1. The molecule has 0 heterocycles. The van der Waals surface area contributed by atoms with Crippen LogP contribution in [0.3, 0.4) is 0 Å². The maximum Gasteiger partial charge on any atom is 0.406 e. The van der Waals surface area contributed by atoms with Gasteiger partial charge >= 0.3 is 6.18 Å². The van der Waals surface area contributed by atoms with E-state index in [1.807, 2.05) is 0 Å². The van der Waals surface area contributed by atoms with Gasteiger partial charge in [0.2, 0.25) is 0 Å². The summed E-state index contributed by atoms with van der Waals surface area (Å²) in [6, 6.07) is 1.96. The average Bonchev–Trinajstić information content (AvgIpc) is 2.28. The van der Waals surface area contributed by atoms with Crippen LogP contribution in [0.4, 0.5) is 23.2 Å². The Balaban J connectivity index is 3.08. The Morgan fingerprint density at radius 3 is 2.47 bits per heavy atom. The molecule has 0 atom stereocenters. The maximum absolute atomic E-state index is 13.1. The standard InChI is InChI=1S/C11H11BrF4N2O/c1-2-18(5-11(14,15)16)10(19)6-3-9(17)8(13)4-7(6)12/h3-4H,2,5,17H2,1H3. The van der Waals surface area contributed by atoms with Gasteiger partial charge in [-0.15, -0.1) is 0 Å². The number of carbonyl (C=O) groups is 1. The number of nitrogens with zero attached hydrogens (tertiary/aromatic N) is 1. The van der Waals surface area contributed by atoms with Crippen molar-refractivity contribution in [3.05, 3.63) is 28.0 Å². The molecule has 2 N–H and O–H groups in total. The first-order valence-electron chi connectivity index (χ1n) is 5.26. The Morgan fingerprint density at radius 1 is 1.42 bits per heavy atom. The number of rotatable bonds is 3. The van der Waals surface area contributed by atoms with Gasteiger partial charge in [0.05, 0.1) is 11.3 Å². The largest absolute Gasteiger partial charge is 0.406 e. The molecule has 0 unspecified atom stereocenters. The van der Waals surface area contributed by atoms with Crippen LogP contribution in [0.1, 0.15) is 17.3 Å². The number of nitrogen functional groups attached to an aromatic ring is 1. The van der Waals surface area contributed by atoms with Crippen LogP contribution in [-0.4, -0.2) is 30.1 Å². The summed E-state index contributed by atoms with van der Waals surface area (Å²) < 4.78 is 50.1.